The molecule has 17 heavy (non-hydrogen) atoms. The molecule has 1 aliphatic heterocycles. The van der Waals surface area contributed by atoms with E-state index in [4.69, 9.17) is 14.5 Å². The molecule has 1 fully saturated rings. The molecule has 1 rings (SSSR count). The van der Waals surface area contributed by atoms with Crippen LogP contribution >= 0.6 is 0 Å². The van der Waals surface area contributed by atoms with Crippen LogP contribution in [0, 0.1) is 0 Å². The predicted octanol–water partition coefficient (Wildman–Crippen LogP) is 4.21. The number of rotatable bonds is 6. The lowest BCUT2D eigenvalue weighted by Gasteiger charge is -2.31. The van der Waals surface area contributed by atoms with E-state index in [2.05, 4.69) is 13.8 Å². The highest BCUT2D eigenvalue weighted by molar-refractivity contribution is 4.75. The van der Waals surface area contributed by atoms with Crippen molar-refractivity contribution >= 4 is 0 Å². The summed E-state index contributed by atoms with van der Waals surface area (Å²) in [7, 11) is 0. The SMILES string of the molecule is CCCCC1(CCCC)OCCC(C)(C)OO1. The molecule has 0 spiro atoms. The summed E-state index contributed by atoms with van der Waals surface area (Å²) in [5.41, 5.74) is -0.236. The Kier molecular flexibility index (Phi) is 5.90. The smallest absolute Gasteiger partial charge is 0.201 e. The third-order valence-corrected chi connectivity index (χ3v) is 3.31. The molecule has 102 valence electrons. The van der Waals surface area contributed by atoms with Crippen molar-refractivity contribution in [3.63, 3.8) is 0 Å². The van der Waals surface area contributed by atoms with Gasteiger partial charge in [0.25, 0.3) is 0 Å². The van der Waals surface area contributed by atoms with E-state index in [1.54, 1.807) is 0 Å². The molecule has 0 N–H and O–H groups in total. The van der Waals surface area contributed by atoms with E-state index in [0.29, 0.717) is 0 Å². The summed E-state index contributed by atoms with van der Waals surface area (Å²) in [6.07, 6.45) is 7.29. The highest BCUT2D eigenvalue weighted by atomic mass is 17.2. The monoisotopic (exact) mass is 244 g/mol. The zero-order valence-corrected chi connectivity index (χ0v) is 11.9. The normalized spacial score (nSPS) is 23.3. The van der Waals surface area contributed by atoms with Crippen molar-refractivity contribution in [1.82, 2.24) is 0 Å². The summed E-state index contributed by atoms with van der Waals surface area (Å²) in [6.45, 7) is 9.20. The molecule has 0 saturated carbocycles. The first-order valence-electron chi connectivity index (χ1n) is 7.04. The Bertz CT molecular complexity index is 206. The van der Waals surface area contributed by atoms with Crippen LogP contribution in [0.1, 0.15) is 72.6 Å². The Balaban J connectivity index is 2.61. The third-order valence-electron chi connectivity index (χ3n) is 3.31. The highest BCUT2D eigenvalue weighted by Crippen LogP contribution is 2.33. The second kappa shape index (κ2) is 6.72. The van der Waals surface area contributed by atoms with Gasteiger partial charge < -0.3 is 4.74 Å². The van der Waals surface area contributed by atoms with Gasteiger partial charge in [-0.15, -0.1) is 0 Å². The number of hydrogen-bond donors (Lipinski definition) is 0. The zero-order valence-electron chi connectivity index (χ0n) is 11.9. The van der Waals surface area contributed by atoms with Crippen LogP contribution in [0.5, 0.6) is 0 Å². The molecule has 1 aliphatic rings. The van der Waals surface area contributed by atoms with Gasteiger partial charge in [0.2, 0.25) is 5.79 Å². The summed E-state index contributed by atoms with van der Waals surface area (Å²) < 4.78 is 5.98. The third kappa shape index (κ3) is 4.94. The Morgan fingerprint density at radius 3 is 2.06 bits per heavy atom. The van der Waals surface area contributed by atoms with Crippen LogP contribution in [0.3, 0.4) is 0 Å². The molecule has 0 radical (unpaired) electrons. The highest BCUT2D eigenvalue weighted by Gasteiger charge is 2.38. The predicted molar refractivity (Wildman–Crippen MR) is 68.6 cm³/mol. The summed E-state index contributed by atoms with van der Waals surface area (Å²) in [6, 6.07) is 0. The van der Waals surface area contributed by atoms with Crippen molar-refractivity contribution < 1.29 is 14.5 Å². The standard InChI is InChI=1S/C14H28O3/c1-5-7-9-14(10-8-6-2)15-12-11-13(3,4)16-17-14/h5-12H2,1-4H3. The van der Waals surface area contributed by atoms with E-state index in [0.717, 1.165) is 51.6 Å². The van der Waals surface area contributed by atoms with E-state index in [9.17, 15) is 0 Å². The van der Waals surface area contributed by atoms with Gasteiger partial charge in [0, 0.05) is 19.3 Å². The van der Waals surface area contributed by atoms with E-state index < -0.39 is 5.79 Å². The van der Waals surface area contributed by atoms with Crippen molar-refractivity contribution in [3.8, 4) is 0 Å². The summed E-state index contributed by atoms with van der Waals surface area (Å²) in [5, 5.41) is 0. The molecule has 3 heteroatoms. The van der Waals surface area contributed by atoms with Gasteiger partial charge in [0.1, 0.15) is 5.60 Å². The van der Waals surface area contributed by atoms with Gasteiger partial charge in [-0.3, -0.25) is 0 Å². The van der Waals surface area contributed by atoms with Gasteiger partial charge in [-0.25, -0.2) is 9.78 Å². The summed E-state index contributed by atoms with van der Waals surface area (Å²) >= 11 is 0. The first kappa shape index (κ1) is 14.9. The lowest BCUT2D eigenvalue weighted by atomic mass is 10.0. The minimum absolute atomic E-state index is 0.236. The fourth-order valence-electron chi connectivity index (χ4n) is 1.98. The van der Waals surface area contributed by atoms with E-state index in [1.807, 2.05) is 13.8 Å². The van der Waals surface area contributed by atoms with Crippen LogP contribution in [0.15, 0.2) is 0 Å². The number of ether oxygens (including phenoxy) is 1. The van der Waals surface area contributed by atoms with Crippen molar-refractivity contribution in [3.05, 3.63) is 0 Å². The first-order chi connectivity index (χ1) is 8.04. The maximum Gasteiger partial charge on any atom is 0.201 e. The van der Waals surface area contributed by atoms with Gasteiger partial charge in [-0.1, -0.05) is 26.7 Å². The Hall–Kier alpha value is -0.120. The zero-order chi connectivity index (χ0) is 12.8. The number of unbranched alkanes of at least 4 members (excludes halogenated alkanes) is 2. The molecule has 1 saturated heterocycles. The molecule has 0 unspecified atom stereocenters. The Morgan fingerprint density at radius 1 is 0.941 bits per heavy atom. The average Bonchev–Trinajstić information content (AvgIpc) is 2.44. The lowest BCUT2D eigenvalue weighted by Crippen LogP contribution is -2.36. The van der Waals surface area contributed by atoms with Crippen molar-refractivity contribution in [2.75, 3.05) is 6.61 Å². The van der Waals surface area contributed by atoms with Crippen LogP contribution in [-0.4, -0.2) is 18.0 Å². The maximum atomic E-state index is 5.98. The van der Waals surface area contributed by atoms with Gasteiger partial charge in [-0.2, -0.15) is 0 Å². The Labute approximate surface area is 106 Å². The van der Waals surface area contributed by atoms with Gasteiger partial charge in [0.05, 0.1) is 6.61 Å². The largest absolute Gasteiger partial charge is 0.347 e. The van der Waals surface area contributed by atoms with Crippen LogP contribution in [0.4, 0.5) is 0 Å². The minimum Gasteiger partial charge on any atom is -0.347 e. The topological polar surface area (TPSA) is 27.7 Å². The molecular weight excluding hydrogens is 216 g/mol. The summed E-state index contributed by atoms with van der Waals surface area (Å²) in [4.78, 5) is 11.3. The molecule has 0 aliphatic carbocycles. The molecule has 0 aromatic carbocycles. The fourth-order valence-corrected chi connectivity index (χ4v) is 1.98. The molecule has 0 aromatic heterocycles. The van der Waals surface area contributed by atoms with Crippen molar-refractivity contribution in [1.29, 1.82) is 0 Å². The molecule has 0 bridgehead atoms. The van der Waals surface area contributed by atoms with Crippen LogP contribution in [-0.2, 0) is 14.5 Å². The molecule has 3 nitrogen and oxygen atoms in total. The van der Waals surface area contributed by atoms with Crippen LogP contribution in [0.2, 0.25) is 0 Å². The molecule has 1 heterocycles. The Morgan fingerprint density at radius 2 is 1.53 bits per heavy atom. The van der Waals surface area contributed by atoms with Gasteiger partial charge in [0.15, 0.2) is 0 Å². The van der Waals surface area contributed by atoms with Crippen LogP contribution in [0.25, 0.3) is 0 Å². The minimum atomic E-state index is -0.500. The first-order valence-corrected chi connectivity index (χ1v) is 7.04. The lowest BCUT2D eigenvalue weighted by molar-refractivity contribution is -0.447. The summed E-state index contributed by atoms with van der Waals surface area (Å²) in [5.74, 6) is -0.500. The van der Waals surface area contributed by atoms with Crippen molar-refractivity contribution in [2.24, 2.45) is 0 Å². The van der Waals surface area contributed by atoms with Gasteiger partial charge in [-0.05, 0) is 26.7 Å². The second-order valence-corrected chi connectivity index (χ2v) is 5.64. The molecule has 0 amide bonds. The van der Waals surface area contributed by atoms with Gasteiger partial charge >= 0.3 is 0 Å². The second-order valence-electron chi connectivity index (χ2n) is 5.64. The molecule has 0 atom stereocenters. The molecular formula is C14H28O3. The number of hydrogen-bond acceptors (Lipinski definition) is 3. The van der Waals surface area contributed by atoms with E-state index >= 15 is 0 Å². The fraction of sp³-hybridized carbons (Fsp3) is 1.00. The quantitative estimate of drug-likeness (QED) is 0.655. The maximum absolute atomic E-state index is 5.98. The average molecular weight is 244 g/mol. The van der Waals surface area contributed by atoms with Crippen LogP contribution < -0.4 is 0 Å². The molecule has 0 aromatic rings. The van der Waals surface area contributed by atoms with E-state index in [-0.39, 0.29) is 5.60 Å². The van der Waals surface area contributed by atoms with E-state index in [1.165, 1.54) is 0 Å². The van der Waals surface area contributed by atoms with Crippen molar-refractivity contribution in [2.45, 2.75) is 84.0 Å².